The van der Waals surface area contributed by atoms with E-state index in [9.17, 15) is 5.11 Å². The third-order valence-corrected chi connectivity index (χ3v) is 7.36. The van der Waals surface area contributed by atoms with Crippen molar-refractivity contribution >= 4 is 21.8 Å². The van der Waals surface area contributed by atoms with E-state index in [1.807, 2.05) is 0 Å². The van der Waals surface area contributed by atoms with Crippen molar-refractivity contribution in [1.82, 2.24) is 9.13 Å². The van der Waals surface area contributed by atoms with Gasteiger partial charge < -0.3 is 14.2 Å². The molecular formula is C27H30N2O. The van der Waals surface area contributed by atoms with Gasteiger partial charge in [0.15, 0.2) is 0 Å². The van der Waals surface area contributed by atoms with Crippen LogP contribution >= 0.6 is 0 Å². The Bertz CT molecular complexity index is 1130. The molecule has 0 bridgehead atoms. The standard InChI is InChI=1S/C27H30N2O/c30-19(17-28-24-13-5-1-9-20(24)21-10-2-6-14-25(21)28)18-29-26-15-7-3-11-22(26)23-12-4-8-16-27(23)29/h1,3,5,7,9,11,13,15,19,30H,2,4,6,8,10,12,14,16-18H2. The lowest BCUT2D eigenvalue weighted by atomic mass is 9.95. The van der Waals surface area contributed by atoms with E-state index in [1.54, 1.807) is 0 Å². The maximum absolute atomic E-state index is 11.3. The maximum atomic E-state index is 11.3. The van der Waals surface area contributed by atoms with E-state index in [-0.39, 0.29) is 0 Å². The molecule has 0 amide bonds. The van der Waals surface area contributed by atoms with E-state index in [0.717, 1.165) is 12.8 Å². The molecule has 0 fully saturated rings. The van der Waals surface area contributed by atoms with Gasteiger partial charge in [0.2, 0.25) is 0 Å². The zero-order chi connectivity index (χ0) is 20.1. The van der Waals surface area contributed by atoms with E-state index in [2.05, 4.69) is 57.7 Å². The summed E-state index contributed by atoms with van der Waals surface area (Å²) in [6.07, 6.45) is 9.31. The van der Waals surface area contributed by atoms with Crippen LogP contribution in [0.25, 0.3) is 21.8 Å². The first-order valence-electron chi connectivity index (χ1n) is 11.7. The predicted octanol–water partition coefficient (Wildman–Crippen LogP) is 5.41. The van der Waals surface area contributed by atoms with Gasteiger partial charge in [-0.25, -0.2) is 0 Å². The fourth-order valence-electron chi connectivity index (χ4n) is 6.07. The smallest absolute Gasteiger partial charge is 0.0897 e. The quantitative estimate of drug-likeness (QED) is 0.489. The molecule has 3 heteroatoms. The van der Waals surface area contributed by atoms with Gasteiger partial charge in [-0.2, -0.15) is 0 Å². The molecule has 1 N–H and O–H groups in total. The van der Waals surface area contributed by atoms with Crippen molar-refractivity contribution in [1.29, 1.82) is 0 Å². The Balaban J connectivity index is 1.37. The SMILES string of the molecule is OC(Cn1c2c(c3ccccc31)CCCC2)Cn1c2c(c3ccccc31)CCCC2. The van der Waals surface area contributed by atoms with Crippen molar-refractivity contribution in [3.8, 4) is 0 Å². The Hall–Kier alpha value is -2.52. The Morgan fingerprint density at radius 1 is 0.633 bits per heavy atom. The van der Waals surface area contributed by atoms with E-state index in [4.69, 9.17) is 0 Å². The number of hydrogen-bond donors (Lipinski definition) is 1. The average Bonchev–Trinajstić information content (AvgIpc) is 3.28. The van der Waals surface area contributed by atoms with Gasteiger partial charge in [0.25, 0.3) is 0 Å². The van der Waals surface area contributed by atoms with Crippen molar-refractivity contribution in [2.45, 2.75) is 70.6 Å². The van der Waals surface area contributed by atoms with E-state index >= 15 is 0 Å². The molecule has 2 aromatic heterocycles. The third kappa shape index (κ3) is 2.83. The van der Waals surface area contributed by atoms with Crippen molar-refractivity contribution in [3.05, 3.63) is 71.0 Å². The Morgan fingerprint density at radius 2 is 1.07 bits per heavy atom. The summed E-state index contributed by atoms with van der Waals surface area (Å²) in [5, 5.41) is 14.1. The van der Waals surface area contributed by atoms with E-state index < -0.39 is 6.10 Å². The molecule has 2 heterocycles. The molecule has 0 saturated carbocycles. The van der Waals surface area contributed by atoms with Crippen LogP contribution in [0.2, 0.25) is 0 Å². The van der Waals surface area contributed by atoms with E-state index in [1.165, 1.54) is 82.8 Å². The number of rotatable bonds is 4. The summed E-state index contributed by atoms with van der Waals surface area (Å²) in [5.41, 5.74) is 8.55. The number of aliphatic hydroxyl groups is 1. The molecule has 4 aromatic rings. The molecule has 0 spiro atoms. The fraction of sp³-hybridized carbons (Fsp3) is 0.407. The zero-order valence-electron chi connectivity index (χ0n) is 17.6. The summed E-state index contributed by atoms with van der Waals surface area (Å²) in [7, 11) is 0. The Morgan fingerprint density at radius 3 is 1.57 bits per heavy atom. The molecule has 30 heavy (non-hydrogen) atoms. The predicted molar refractivity (Wildman–Crippen MR) is 123 cm³/mol. The normalized spacial score (nSPS) is 16.3. The van der Waals surface area contributed by atoms with Gasteiger partial charge >= 0.3 is 0 Å². The number of benzene rings is 2. The number of para-hydroxylation sites is 2. The van der Waals surface area contributed by atoms with Crippen LogP contribution in [0, 0.1) is 0 Å². The minimum absolute atomic E-state index is 0.395. The summed E-state index contributed by atoms with van der Waals surface area (Å²) in [5.74, 6) is 0. The molecule has 6 rings (SSSR count). The highest BCUT2D eigenvalue weighted by atomic mass is 16.3. The number of fused-ring (bicyclic) bond motifs is 6. The number of nitrogens with zero attached hydrogens (tertiary/aromatic N) is 2. The minimum atomic E-state index is -0.395. The first-order chi connectivity index (χ1) is 14.8. The maximum Gasteiger partial charge on any atom is 0.0897 e. The first kappa shape index (κ1) is 18.3. The van der Waals surface area contributed by atoms with Crippen molar-refractivity contribution < 1.29 is 5.11 Å². The average molecular weight is 399 g/mol. The van der Waals surface area contributed by atoms with Gasteiger partial charge in [0, 0.05) is 33.2 Å². The Labute approximate surface area is 177 Å². The second-order valence-corrected chi connectivity index (χ2v) is 9.17. The molecule has 154 valence electrons. The monoisotopic (exact) mass is 398 g/mol. The van der Waals surface area contributed by atoms with Crippen LogP contribution in [-0.4, -0.2) is 20.3 Å². The van der Waals surface area contributed by atoms with Crippen LogP contribution in [-0.2, 0) is 38.8 Å². The molecule has 0 aliphatic heterocycles. The molecule has 0 unspecified atom stereocenters. The van der Waals surface area contributed by atoms with Crippen LogP contribution in [0.4, 0.5) is 0 Å². The third-order valence-electron chi connectivity index (χ3n) is 7.36. The second kappa shape index (κ2) is 7.31. The van der Waals surface area contributed by atoms with Gasteiger partial charge in [0.1, 0.15) is 0 Å². The van der Waals surface area contributed by atoms with Gasteiger partial charge in [-0.1, -0.05) is 36.4 Å². The molecule has 0 saturated heterocycles. The fourth-order valence-corrected chi connectivity index (χ4v) is 6.07. The molecule has 2 aliphatic carbocycles. The molecule has 2 aromatic carbocycles. The highest BCUT2D eigenvalue weighted by Crippen LogP contribution is 2.34. The highest BCUT2D eigenvalue weighted by molar-refractivity contribution is 5.86. The summed E-state index contributed by atoms with van der Waals surface area (Å²) in [6.45, 7) is 1.36. The number of aliphatic hydroxyl groups excluding tert-OH is 1. The molecule has 0 atom stereocenters. The lowest BCUT2D eigenvalue weighted by molar-refractivity contribution is 0.135. The van der Waals surface area contributed by atoms with Crippen molar-refractivity contribution in [3.63, 3.8) is 0 Å². The summed E-state index contributed by atoms with van der Waals surface area (Å²) < 4.78 is 4.85. The molecule has 3 nitrogen and oxygen atoms in total. The van der Waals surface area contributed by atoms with Crippen LogP contribution in [0.15, 0.2) is 48.5 Å². The Kier molecular flexibility index (Phi) is 4.45. The van der Waals surface area contributed by atoms with Crippen molar-refractivity contribution in [2.75, 3.05) is 0 Å². The van der Waals surface area contributed by atoms with Gasteiger partial charge in [-0.3, -0.25) is 0 Å². The topological polar surface area (TPSA) is 30.1 Å². The zero-order valence-corrected chi connectivity index (χ0v) is 17.6. The van der Waals surface area contributed by atoms with Crippen molar-refractivity contribution in [2.24, 2.45) is 0 Å². The molecule has 2 aliphatic rings. The minimum Gasteiger partial charge on any atom is -0.389 e. The van der Waals surface area contributed by atoms with Gasteiger partial charge in [0.05, 0.1) is 19.2 Å². The van der Waals surface area contributed by atoms with E-state index in [0.29, 0.717) is 13.1 Å². The first-order valence-corrected chi connectivity index (χ1v) is 11.7. The number of aryl methyl sites for hydroxylation is 2. The number of hydrogen-bond acceptors (Lipinski definition) is 1. The highest BCUT2D eigenvalue weighted by Gasteiger charge is 2.24. The van der Waals surface area contributed by atoms with Crippen LogP contribution in [0.3, 0.4) is 0 Å². The molecular weight excluding hydrogens is 368 g/mol. The summed E-state index contributed by atoms with van der Waals surface area (Å²) >= 11 is 0. The number of aromatic nitrogens is 2. The van der Waals surface area contributed by atoms with Crippen LogP contribution in [0.5, 0.6) is 0 Å². The summed E-state index contributed by atoms with van der Waals surface area (Å²) in [4.78, 5) is 0. The van der Waals surface area contributed by atoms with Crippen LogP contribution < -0.4 is 0 Å². The lowest BCUT2D eigenvalue weighted by Gasteiger charge is -2.21. The lowest BCUT2D eigenvalue weighted by Crippen LogP contribution is -2.25. The largest absolute Gasteiger partial charge is 0.389 e. The second-order valence-electron chi connectivity index (χ2n) is 9.17. The molecule has 0 radical (unpaired) electrons. The van der Waals surface area contributed by atoms with Crippen LogP contribution in [0.1, 0.15) is 48.2 Å². The van der Waals surface area contributed by atoms with Gasteiger partial charge in [-0.05, 0) is 74.6 Å². The summed E-state index contributed by atoms with van der Waals surface area (Å²) in [6, 6.07) is 17.5. The van der Waals surface area contributed by atoms with Gasteiger partial charge in [-0.15, -0.1) is 0 Å².